The van der Waals surface area contributed by atoms with E-state index < -0.39 is 5.97 Å². The Morgan fingerprint density at radius 3 is 2.30 bits per heavy atom. The first-order chi connectivity index (χ1) is 9.60. The molecular weight excluding hydrogens is 256 g/mol. The molecule has 0 unspecified atom stereocenters. The molecule has 0 aliphatic heterocycles. The molecule has 1 amide bonds. The lowest BCUT2D eigenvalue weighted by Crippen LogP contribution is -2.39. The summed E-state index contributed by atoms with van der Waals surface area (Å²) in [5.41, 5.74) is 0. The highest BCUT2D eigenvalue weighted by atomic mass is 16.4. The Hall–Kier alpha value is -1.10. The number of aliphatic carboxylic acids is 1. The second-order valence-electron chi connectivity index (χ2n) is 5.18. The Kier molecular flexibility index (Phi) is 12.2. The van der Waals surface area contributed by atoms with E-state index in [0.29, 0.717) is 19.6 Å². The molecule has 0 heterocycles. The Balaban J connectivity index is 4.01. The molecule has 0 radical (unpaired) electrons. The molecule has 118 valence electrons. The zero-order valence-corrected chi connectivity index (χ0v) is 13.0. The third-order valence-electron chi connectivity index (χ3n) is 3.19. The second-order valence-corrected chi connectivity index (χ2v) is 5.18. The highest BCUT2D eigenvalue weighted by molar-refractivity contribution is 5.78. The molecule has 0 aliphatic rings. The van der Waals surface area contributed by atoms with Gasteiger partial charge in [-0.1, -0.05) is 39.5 Å². The predicted octanol–water partition coefficient (Wildman–Crippen LogP) is 2.26. The first-order valence-electron chi connectivity index (χ1n) is 7.81. The van der Waals surface area contributed by atoms with Gasteiger partial charge in [0.2, 0.25) is 5.91 Å². The van der Waals surface area contributed by atoms with Crippen molar-refractivity contribution in [1.29, 1.82) is 0 Å². The van der Waals surface area contributed by atoms with Gasteiger partial charge in [0.1, 0.15) is 0 Å². The van der Waals surface area contributed by atoms with Crippen LogP contribution in [0.15, 0.2) is 0 Å². The molecule has 0 aromatic heterocycles. The van der Waals surface area contributed by atoms with Crippen LogP contribution in [-0.4, -0.2) is 48.1 Å². The fourth-order valence-electron chi connectivity index (χ4n) is 1.95. The van der Waals surface area contributed by atoms with Gasteiger partial charge in [0.15, 0.2) is 0 Å². The van der Waals surface area contributed by atoms with Crippen molar-refractivity contribution in [3.63, 3.8) is 0 Å². The van der Waals surface area contributed by atoms with E-state index in [1.165, 1.54) is 12.8 Å². The average molecular weight is 286 g/mol. The van der Waals surface area contributed by atoms with Crippen molar-refractivity contribution < 1.29 is 14.7 Å². The summed E-state index contributed by atoms with van der Waals surface area (Å²) in [7, 11) is 0. The molecule has 5 heteroatoms. The van der Waals surface area contributed by atoms with Crippen molar-refractivity contribution in [2.45, 2.75) is 58.8 Å². The molecule has 0 atom stereocenters. The maximum absolute atomic E-state index is 11.8. The first-order valence-corrected chi connectivity index (χ1v) is 7.81. The normalized spacial score (nSPS) is 10.8. The van der Waals surface area contributed by atoms with Crippen LogP contribution in [0.3, 0.4) is 0 Å². The SMILES string of the molecule is CCCCCCN(CCC(=O)O)CC(=O)NCCCC. The van der Waals surface area contributed by atoms with Crippen molar-refractivity contribution in [1.82, 2.24) is 10.2 Å². The molecule has 0 fully saturated rings. The number of carbonyl (C=O) groups excluding carboxylic acids is 1. The van der Waals surface area contributed by atoms with Crippen LogP contribution in [0.5, 0.6) is 0 Å². The number of amides is 1. The minimum absolute atomic E-state index is 0.000620. The number of carbonyl (C=O) groups is 2. The van der Waals surface area contributed by atoms with E-state index in [1.807, 2.05) is 4.90 Å². The Bertz CT molecular complexity index is 270. The molecule has 0 saturated heterocycles. The summed E-state index contributed by atoms with van der Waals surface area (Å²) in [5.74, 6) is -0.811. The molecule has 0 spiro atoms. The lowest BCUT2D eigenvalue weighted by atomic mass is 10.2. The number of hydrogen-bond acceptors (Lipinski definition) is 3. The molecule has 0 bridgehead atoms. The monoisotopic (exact) mass is 286 g/mol. The van der Waals surface area contributed by atoms with Crippen molar-refractivity contribution in [3.05, 3.63) is 0 Å². The molecule has 0 saturated carbocycles. The van der Waals surface area contributed by atoms with E-state index in [-0.39, 0.29) is 12.3 Å². The van der Waals surface area contributed by atoms with Crippen LogP contribution in [-0.2, 0) is 9.59 Å². The summed E-state index contributed by atoms with van der Waals surface area (Å²) in [6.07, 6.45) is 6.66. The van der Waals surface area contributed by atoms with Gasteiger partial charge < -0.3 is 10.4 Å². The Morgan fingerprint density at radius 2 is 1.70 bits per heavy atom. The molecule has 0 rings (SSSR count). The number of nitrogens with zero attached hydrogens (tertiary/aromatic N) is 1. The van der Waals surface area contributed by atoms with Crippen molar-refractivity contribution >= 4 is 11.9 Å². The van der Waals surface area contributed by atoms with Crippen LogP contribution in [0, 0.1) is 0 Å². The van der Waals surface area contributed by atoms with Gasteiger partial charge in [0, 0.05) is 13.1 Å². The first kappa shape index (κ1) is 18.9. The quantitative estimate of drug-likeness (QED) is 0.510. The molecule has 20 heavy (non-hydrogen) atoms. The second kappa shape index (κ2) is 12.9. The summed E-state index contributed by atoms with van der Waals surface area (Å²) in [6, 6.07) is 0. The van der Waals surface area contributed by atoms with E-state index in [1.54, 1.807) is 0 Å². The molecule has 2 N–H and O–H groups in total. The third kappa shape index (κ3) is 12.0. The maximum atomic E-state index is 11.8. The number of nitrogens with one attached hydrogen (secondary N) is 1. The number of rotatable bonds is 13. The van der Waals surface area contributed by atoms with E-state index >= 15 is 0 Å². The smallest absolute Gasteiger partial charge is 0.304 e. The van der Waals surface area contributed by atoms with Gasteiger partial charge in [-0.2, -0.15) is 0 Å². The van der Waals surface area contributed by atoms with Crippen LogP contribution in [0.25, 0.3) is 0 Å². The molecular formula is C15H30N2O3. The molecule has 0 aromatic rings. The standard InChI is InChI=1S/C15H30N2O3/c1-3-5-7-8-11-17(12-9-15(19)20)13-14(18)16-10-6-4-2/h3-13H2,1-2H3,(H,16,18)(H,19,20). The number of unbranched alkanes of at least 4 members (excludes halogenated alkanes) is 4. The summed E-state index contributed by atoms with van der Waals surface area (Å²) < 4.78 is 0. The van der Waals surface area contributed by atoms with Crippen LogP contribution >= 0.6 is 0 Å². The van der Waals surface area contributed by atoms with E-state index in [4.69, 9.17) is 5.11 Å². The lowest BCUT2D eigenvalue weighted by Gasteiger charge is -2.21. The number of carboxylic acids is 1. The fourth-order valence-corrected chi connectivity index (χ4v) is 1.95. The minimum atomic E-state index is -0.810. The predicted molar refractivity (Wildman–Crippen MR) is 80.8 cm³/mol. The fraction of sp³-hybridized carbons (Fsp3) is 0.867. The van der Waals surface area contributed by atoms with Crippen LogP contribution < -0.4 is 5.32 Å². The summed E-state index contributed by atoms with van der Waals surface area (Å²) in [5, 5.41) is 11.6. The van der Waals surface area contributed by atoms with Crippen LogP contribution in [0.2, 0.25) is 0 Å². The van der Waals surface area contributed by atoms with Gasteiger partial charge in [-0.3, -0.25) is 14.5 Å². The van der Waals surface area contributed by atoms with E-state index in [0.717, 1.165) is 32.2 Å². The van der Waals surface area contributed by atoms with Gasteiger partial charge in [0.05, 0.1) is 13.0 Å². The minimum Gasteiger partial charge on any atom is -0.481 e. The largest absolute Gasteiger partial charge is 0.481 e. The van der Waals surface area contributed by atoms with Gasteiger partial charge in [-0.15, -0.1) is 0 Å². The number of hydrogen-bond donors (Lipinski definition) is 2. The van der Waals surface area contributed by atoms with E-state index in [2.05, 4.69) is 19.2 Å². The van der Waals surface area contributed by atoms with Crippen LogP contribution in [0.1, 0.15) is 58.8 Å². The van der Waals surface area contributed by atoms with Gasteiger partial charge >= 0.3 is 5.97 Å². The Morgan fingerprint density at radius 1 is 1.00 bits per heavy atom. The summed E-state index contributed by atoms with van der Waals surface area (Å²) >= 11 is 0. The van der Waals surface area contributed by atoms with Crippen LogP contribution in [0.4, 0.5) is 0 Å². The highest BCUT2D eigenvalue weighted by Gasteiger charge is 2.11. The molecule has 0 aromatic carbocycles. The van der Waals surface area contributed by atoms with Gasteiger partial charge in [-0.05, 0) is 19.4 Å². The Labute approximate surface area is 122 Å². The van der Waals surface area contributed by atoms with Gasteiger partial charge in [0.25, 0.3) is 0 Å². The van der Waals surface area contributed by atoms with Crippen molar-refractivity contribution in [3.8, 4) is 0 Å². The third-order valence-corrected chi connectivity index (χ3v) is 3.19. The maximum Gasteiger partial charge on any atom is 0.304 e. The summed E-state index contributed by atoms with van der Waals surface area (Å²) in [4.78, 5) is 24.4. The topological polar surface area (TPSA) is 69.6 Å². The lowest BCUT2D eigenvalue weighted by molar-refractivity contribution is -0.137. The van der Waals surface area contributed by atoms with Crippen molar-refractivity contribution in [2.24, 2.45) is 0 Å². The highest BCUT2D eigenvalue weighted by Crippen LogP contribution is 2.02. The summed E-state index contributed by atoms with van der Waals surface area (Å²) in [6.45, 7) is 6.50. The average Bonchev–Trinajstić information content (AvgIpc) is 2.40. The van der Waals surface area contributed by atoms with Gasteiger partial charge in [-0.25, -0.2) is 0 Å². The van der Waals surface area contributed by atoms with E-state index in [9.17, 15) is 9.59 Å². The molecule has 0 aliphatic carbocycles. The number of carboxylic acid groups (broad SMARTS) is 1. The zero-order chi connectivity index (χ0) is 15.2. The molecule has 5 nitrogen and oxygen atoms in total. The van der Waals surface area contributed by atoms with Crippen molar-refractivity contribution in [2.75, 3.05) is 26.2 Å². The zero-order valence-electron chi connectivity index (χ0n) is 13.0.